The third-order valence-corrected chi connectivity index (χ3v) is 7.32. The van der Waals surface area contributed by atoms with Crippen molar-refractivity contribution in [3.63, 3.8) is 0 Å². The van der Waals surface area contributed by atoms with Crippen molar-refractivity contribution in [2.75, 3.05) is 33.8 Å². The van der Waals surface area contributed by atoms with Crippen LogP contribution in [0.4, 0.5) is 0 Å². The summed E-state index contributed by atoms with van der Waals surface area (Å²) >= 11 is 5.96. The van der Waals surface area contributed by atoms with Crippen LogP contribution in [-0.2, 0) is 19.5 Å². The fraction of sp³-hybridized carbons (Fsp3) is 0.556. The van der Waals surface area contributed by atoms with E-state index in [9.17, 15) is 0 Å². The van der Waals surface area contributed by atoms with Crippen molar-refractivity contribution in [2.45, 2.75) is 51.6 Å². The predicted octanol–water partition coefficient (Wildman–Crippen LogP) is 5.57. The average molecular weight is 483 g/mol. The molecule has 3 heterocycles. The van der Waals surface area contributed by atoms with Gasteiger partial charge in [0.15, 0.2) is 5.58 Å². The smallest absolute Gasteiger partial charge is 0.175 e. The Balaban J connectivity index is 1.18. The van der Waals surface area contributed by atoms with Gasteiger partial charge >= 0.3 is 0 Å². The summed E-state index contributed by atoms with van der Waals surface area (Å²) in [6.07, 6.45) is 8.85. The topological polar surface area (TPSA) is 54.6 Å². The fourth-order valence-electron chi connectivity index (χ4n) is 4.87. The minimum atomic E-state index is 0.693. The highest BCUT2D eigenvalue weighted by Crippen LogP contribution is 2.35. The lowest BCUT2D eigenvalue weighted by molar-refractivity contribution is 0.170. The second-order valence-electron chi connectivity index (χ2n) is 10.3. The Morgan fingerprint density at radius 2 is 1.91 bits per heavy atom. The van der Waals surface area contributed by atoms with E-state index >= 15 is 0 Å². The van der Waals surface area contributed by atoms with E-state index in [1.54, 1.807) is 6.20 Å². The van der Waals surface area contributed by atoms with Crippen LogP contribution in [0.3, 0.4) is 0 Å². The number of aromatic nitrogens is 2. The van der Waals surface area contributed by atoms with Crippen molar-refractivity contribution >= 4 is 22.6 Å². The third-order valence-electron chi connectivity index (χ3n) is 7.09. The number of benzene rings is 1. The zero-order valence-corrected chi connectivity index (χ0v) is 21.1. The van der Waals surface area contributed by atoms with Crippen LogP contribution >= 0.6 is 11.6 Å². The van der Waals surface area contributed by atoms with Crippen LogP contribution in [0.2, 0.25) is 5.02 Å². The lowest BCUT2D eigenvalue weighted by Crippen LogP contribution is -2.33. The van der Waals surface area contributed by atoms with E-state index in [1.165, 1.54) is 25.7 Å². The van der Waals surface area contributed by atoms with Gasteiger partial charge in [0.25, 0.3) is 0 Å². The maximum Gasteiger partial charge on any atom is 0.175 e. The molecule has 0 bridgehead atoms. The molecule has 1 aliphatic heterocycles. The largest absolute Gasteiger partial charge is 0.493 e. The Kier molecular flexibility index (Phi) is 7.37. The van der Waals surface area contributed by atoms with Gasteiger partial charge in [0.05, 0.1) is 28.6 Å². The zero-order chi connectivity index (χ0) is 23.5. The second-order valence-corrected chi connectivity index (χ2v) is 10.7. The number of halogens is 1. The molecule has 0 amide bonds. The standard InChI is InChI=1S/C27H35ClN4O2/c1-31(2)17-24-26(33-18-20-3-4-20)10-8-23-25(30-34-27(23)24)9-5-19-11-13-32(14-12-19)16-22-7-6-21(28)15-29-22/h6-8,10,15,19-20H,3-5,9,11-14,16-18H2,1-2H3. The number of fused-ring (bicyclic) bond motifs is 1. The number of likely N-dealkylation sites (tertiary alicyclic amines) is 1. The zero-order valence-electron chi connectivity index (χ0n) is 20.3. The van der Waals surface area contributed by atoms with Gasteiger partial charge in [-0.1, -0.05) is 16.8 Å². The first kappa shape index (κ1) is 23.6. The van der Waals surface area contributed by atoms with Crippen molar-refractivity contribution in [3.05, 3.63) is 52.4 Å². The molecule has 0 unspecified atom stereocenters. The highest BCUT2D eigenvalue weighted by atomic mass is 35.5. The first-order valence-corrected chi connectivity index (χ1v) is 12.9. The summed E-state index contributed by atoms with van der Waals surface area (Å²) in [5.41, 5.74) is 4.18. The fourth-order valence-corrected chi connectivity index (χ4v) is 4.98. The van der Waals surface area contributed by atoms with Crippen LogP contribution in [0.15, 0.2) is 35.0 Å². The molecular weight excluding hydrogens is 448 g/mol. The number of nitrogens with zero attached hydrogens (tertiary/aromatic N) is 4. The van der Waals surface area contributed by atoms with Gasteiger partial charge in [-0.2, -0.15) is 0 Å². The summed E-state index contributed by atoms with van der Waals surface area (Å²) in [6.45, 7) is 4.72. The molecule has 34 heavy (non-hydrogen) atoms. The van der Waals surface area contributed by atoms with Gasteiger partial charge in [-0.15, -0.1) is 0 Å². The van der Waals surface area contributed by atoms with Crippen LogP contribution in [0.25, 0.3) is 11.0 Å². The van der Waals surface area contributed by atoms with Gasteiger partial charge in [-0.3, -0.25) is 9.88 Å². The average Bonchev–Trinajstić information content (AvgIpc) is 3.57. The summed E-state index contributed by atoms with van der Waals surface area (Å²) in [4.78, 5) is 9.10. The van der Waals surface area contributed by atoms with Gasteiger partial charge in [0.1, 0.15) is 5.75 Å². The molecule has 7 heteroatoms. The summed E-state index contributed by atoms with van der Waals surface area (Å²) in [6, 6.07) is 8.21. The van der Waals surface area contributed by atoms with Crippen molar-refractivity contribution < 1.29 is 9.26 Å². The Morgan fingerprint density at radius 3 is 2.62 bits per heavy atom. The molecule has 1 saturated heterocycles. The monoisotopic (exact) mass is 482 g/mol. The first-order chi connectivity index (χ1) is 16.5. The Morgan fingerprint density at radius 1 is 1.09 bits per heavy atom. The van der Waals surface area contributed by atoms with Gasteiger partial charge in [0.2, 0.25) is 0 Å². The van der Waals surface area contributed by atoms with Crippen molar-refractivity contribution in [1.29, 1.82) is 0 Å². The number of aryl methyl sites for hydroxylation is 1. The van der Waals surface area contributed by atoms with E-state index in [0.29, 0.717) is 5.02 Å². The Hall–Kier alpha value is -2.15. The quantitative estimate of drug-likeness (QED) is 0.376. The molecule has 0 N–H and O–H groups in total. The molecular formula is C27H35ClN4O2. The van der Waals surface area contributed by atoms with E-state index in [2.05, 4.69) is 46.2 Å². The van der Waals surface area contributed by atoms with Gasteiger partial charge in [-0.25, -0.2) is 0 Å². The predicted molar refractivity (Wildman–Crippen MR) is 135 cm³/mol. The molecule has 1 aliphatic carbocycles. The van der Waals surface area contributed by atoms with Crippen LogP contribution in [0.1, 0.15) is 49.1 Å². The molecule has 5 rings (SSSR count). The summed E-state index contributed by atoms with van der Waals surface area (Å²) in [5, 5.41) is 6.33. The molecule has 0 atom stereocenters. The normalized spacial score (nSPS) is 17.6. The third kappa shape index (κ3) is 5.91. The molecule has 2 aliphatic rings. The summed E-state index contributed by atoms with van der Waals surface area (Å²) in [7, 11) is 4.16. The van der Waals surface area contributed by atoms with Gasteiger partial charge < -0.3 is 14.2 Å². The van der Waals surface area contributed by atoms with E-state index in [1.807, 2.05) is 12.1 Å². The van der Waals surface area contributed by atoms with Crippen molar-refractivity contribution in [1.82, 2.24) is 19.9 Å². The Labute approximate surface area is 207 Å². The highest BCUT2D eigenvalue weighted by molar-refractivity contribution is 6.30. The maximum atomic E-state index is 6.16. The van der Waals surface area contributed by atoms with Crippen molar-refractivity contribution in [2.24, 2.45) is 11.8 Å². The number of hydrogen-bond acceptors (Lipinski definition) is 6. The Bertz CT molecular complexity index is 1090. The second kappa shape index (κ2) is 10.6. The van der Waals surface area contributed by atoms with Crippen LogP contribution < -0.4 is 4.74 Å². The molecule has 0 radical (unpaired) electrons. The molecule has 0 spiro atoms. The molecule has 6 nitrogen and oxygen atoms in total. The van der Waals surface area contributed by atoms with E-state index in [-0.39, 0.29) is 0 Å². The molecule has 182 valence electrons. The van der Waals surface area contributed by atoms with E-state index in [4.69, 9.17) is 20.9 Å². The van der Waals surface area contributed by atoms with E-state index in [0.717, 1.165) is 91.1 Å². The molecule has 2 fully saturated rings. The lowest BCUT2D eigenvalue weighted by Gasteiger charge is -2.31. The lowest BCUT2D eigenvalue weighted by atomic mass is 9.91. The number of piperidine rings is 1. The van der Waals surface area contributed by atoms with Crippen LogP contribution in [-0.4, -0.2) is 53.7 Å². The van der Waals surface area contributed by atoms with Crippen LogP contribution in [0, 0.1) is 11.8 Å². The molecule has 1 aromatic carbocycles. The molecule has 3 aromatic rings. The first-order valence-electron chi connectivity index (χ1n) is 12.6. The van der Waals surface area contributed by atoms with Crippen molar-refractivity contribution in [3.8, 4) is 5.75 Å². The highest BCUT2D eigenvalue weighted by Gasteiger charge is 2.24. The van der Waals surface area contributed by atoms with Gasteiger partial charge in [0, 0.05) is 24.7 Å². The molecule has 2 aromatic heterocycles. The maximum absolute atomic E-state index is 6.16. The number of rotatable bonds is 10. The number of pyridine rings is 1. The van der Waals surface area contributed by atoms with Crippen LogP contribution in [0.5, 0.6) is 5.75 Å². The van der Waals surface area contributed by atoms with Gasteiger partial charge in [-0.05, 0) is 102 Å². The molecule has 1 saturated carbocycles. The number of hydrogen-bond donors (Lipinski definition) is 0. The minimum absolute atomic E-state index is 0.693. The van der Waals surface area contributed by atoms with E-state index < -0.39 is 0 Å². The summed E-state index contributed by atoms with van der Waals surface area (Å²) < 4.78 is 12.1. The SMILES string of the molecule is CN(C)Cc1c(OCC2CC2)ccc2c(CCC3CCN(Cc4ccc(Cl)cn4)CC3)noc12. The minimum Gasteiger partial charge on any atom is -0.493 e. The number of ether oxygens (including phenoxy) is 1. The summed E-state index contributed by atoms with van der Waals surface area (Å²) in [5.74, 6) is 2.39.